The SMILES string of the molecule is CCCNCc1nnc(C2CCCCCCC2)o1. The van der Waals surface area contributed by atoms with E-state index in [0.717, 1.165) is 24.7 Å². The summed E-state index contributed by atoms with van der Waals surface area (Å²) in [6, 6.07) is 0. The van der Waals surface area contributed by atoms with Crippen LogP contribution in [-0.2, 0) is 6.54 Å². The summed E-state index contributed by atoms with van der Waals surface area (Å²) in [5.74, 6) is 2.10. The standard InChI is InChI=1S/C14H25N3O/c1-2-10-15-11-13-16-17-14(18-13)12-8-6-4-3-5-7-9-12/h12,15H,2-11H2,1H3. The summed E-state index contributed by atoms with van der Waals surface area (Å²) in [5.41, 5.74) is 0. The van der Waals surface area contributed by atoms with Gasteiger partial charge < -0.3 is 9.73 Å². The van der Waals surface area contributed by atoms with Crippen LogP contribution in [0.5, 0.6) is 0 Å². The van der Waals surface area contributed by atoms with Crippen LogP contribution >= 0.6 is 0 Å². The van der Waals surface area contributed by atoms with Gasteiger partial charge in [-0.3, -0.25) is 0 Å². The van der Waals surface area contributed by atoms with Crippen LogP contribution in [0, 0.1) is 0 Å². The van der Waals surface area contributed by atoms with Gasteiger partial charge in [0.1, 0.15) is 0 Å². The highest BCUT2D eigenvalue weighted by Gasteiger charge is 2.19. The number of nitrogens with one attached hydrogen (secondary N) is 1. The second-order valence-corrected chi connectivity index (χ2v) is 5.25. The Balaban J connectivity index is 1.86. The lowest BCUT2D eigenvalue weighted by atomic mass is 9.91. The summed E-state index contributed by atoms with van der Waals surface area (Å²) < 4.78 is 5.78. The van der Waals surface area contributed by atoms with Crippen molar-refractivity contribution >= 4 is 0 Å². The van der Waals surface area contributed by atoms with E-state index in [-0.39, 0.29) is 0 Å². The first-order valence-corrected chi connectivity index (χ1v) is 7.43. The average molecular weight is 251 g/mol. The van der Waals surface area contributed by atoms with E-state index in [9.17, 15) is 0 Å². The van der Waals surface area contributed by atoms with E-state index in [4.69, 9.17) is 4.42 Å². The molecule has 0 bridgehead atoms. The van der Waals surface area contributed by atoms with Crippen LogP contribution in [0.3, 0.4) is 0 Å². The molecule has 18 heavy (non-hydrogen) atoms. The van der Waals surface area contributed by atoms with Gasteiger partial charge >= 0.3 is 0 Å². The molecule has 1 aromatic heterocycles. The minimum absolute atomic E-state index is 0.498. The van der Waals surface area contributed by atoms with Gasteiger partial charge in [-0.1, -0.05) is 39.0 Å². The third-order valence-corrected chi connectivity index (χ3v) is 3.64. The molecule has 1 aromatic rings. The summed E-state index contributed by atoms with van der Waals surface area (Å²) in [4.78, 5) is 0. The molecule has 0 atom stereocenters. The van der Waals surface area contributed by atoms with Crippen molar-refractivity contribution in [1.82, 2.24) is 15.5 Å². The van der Waals surface area contributed by atoms with E-state index in [1.54, 1.807) is 0 Å². The normalized spacial score (nSPS) is 18.5. The summed E-state index contributed by atoms with van der Waals surface area (Å²) >= 11 is 0. The molecular formula is C14H25N3O. The lowest BCUT2D eigenvalue weighted by Crippen LogP contribution is -2.13. The predicted octanol–water partition coefficient (Wildman–Crippen LogP) is 3.40. The largest absolute Gasteiger partial charge is 0.424 e. The maximum Gasteiger partial charge on any atom is 0.230 e. The van der Waals surface area contributed by atoms with Crippen molar-refractivity contribution in [2.24, 2.45) is 0 Å². The van der Waals surface area contributed by atoms with E-state index in [0.29, 0.717) is 12.5 Å². The Labute approximate surface area is 110 Å². The number of rotatable bonds is 5. The first kappa shape index (κ1) is 13.5. The topological polar surface area (TPSA) is 51.0 Å². The molecule has 2 rings (SSSR count). The number of nitrogens with zero attached hydrogens (tertiary/aromatic N) is 2. The molecule has 1 fully saturated rings. The van der Waals surface area contributed by atoms with Gasteiger partial charge in [-0.15, -0.1) is 10.2 Å². The smallest absolute Gasteiger partial charge is 0.230 e. The Morgan fingerprint density at radius 1 is 1.11 bits per heavy atom. The molecule has 0 amide bonds. The summed E-state index contributed by atoms with van der Waals surface area (Å²) in [5, 5.41) is 11.7. The molecule has 1 aliphatic rings. The van der Waals surface area contributed by atoms with E-state index < -0.39 is 0 Å². The zero-order valence-electron chi connectivity index (χ0n) is 11.5. The molecule has 0 aliphatic heterocycles. The molecule has 1 N–H and O–H groups in total. The van der Waals surface area contributed by atoms with E-state index >= 15 is 0 Å². The molecule has 1 saturated carbocycles. The molecule has 102 valence electrons. The molecule has 0 aromatic carbocycles. The minimum Gasteiger partial charge on any atom is -0.424 e. The van der Waals surface area contributed by atoms with Crippen LogP contribution in [0.1, 0.15) is 76.0 Å². The van der Waals surface area contributed by atoms with Crippen molar-refractivity contribution in [2.75, 3.05) is 6.54 Å². The Hall–Kier alpha value is -0.900. The van der Waals surface area contributed by atoms with Crippen molar-refractivity contribution in [3.8, 4) is 0 Å². The number of hydrogen-bond donors (Lipinski definition) is 1. The Morgan fingerprint density at radius 2 is 1.83 bits per heavy atom. The first-order chi connectivity index (χ1) is 8.90. The first-order valence-electron chi connectivity index (χ1n) is 7.43. The van der Waals surface area contributed by atoms with Gasteiger partial charge in [0, 0.05) is 5.92 Å². The Kier molecular flexibility index (Phi) is 5.65. The Bertz CT molecular complexity index is 330. The van der Waals surface area contributed by atoms with Crippen molar-refractivity contribution in [3.05, 3.63) is 11.8 Å². The van der Waals surface area contributed by atoms with Gasteiger partial charge in [0.25, 0.3) is 0 Å². The third-order valence-electron chi connectivity index (χ3n) is 3.64. The molecule has 0 spiro atoms. The molecule has 4 nitrogen and oxygen atoms in total. The quantitative estimate of drug-likeness (QED) is 0.815. The van der Waals surface area contributed by atoms with Gasteiger partial charge in [-0.2, -0.15) is 0 Å². The van der Waals surface area contributed by atoms with E-state index in [2.05, 4.69) is 22.4 Å². The fraction of sp³-hybridized carbons (Fsp3) is 0.857. The van der Waals surface area contributed by atoms with Crippen LogP contribution in [0.25, 0.3) is 0 Å². The molecule has 0 unspecified atom stereocenters. The molecule has 4 heteroatoms. The monoisotopic (exact) mass is 251 g/mol. The highest BCUT2D eigenvalue weighted by atomic mass is 16.4. The lowest BCUT2D eigenvalue weighted by molar-refractivity contribution is 0.358. The van der Waals surface area contributed by atoms with E-state index in [1.807, 2.05) is 0 Å². The van der Waals surface area contributed by atoms with Crippen molar-refractivity contribution < 1.29 is 4.42 Å². The maximum atomic E-state index is 5.78. The van der Waals surface area contributed by atoms with Gasteiger partial charge in [0.05, 0.1) is 6.54 Å². The van der Waals surface area contributed by atoms with Gasteiger partial charge in [-0.05, 0) is 25.8 Å². The summed E-state index contributed by atoms with van der Waals surface area (Å²) in [6.07, 6.45) is 10.3. The molecule has 1 heterocycles. The fourth-order valence-electron chi connectivity index (χ4n) is 2.58. The number of aromatic nitrogens is 2. The molecular weight excluding hydrogens is 226 g/mol. The summed E-state index contributed by atoms with van der Waals surface area (Å²) in [6.45, 7) is 3.86. The van der Waals surface area contributed by atoms with Crippen LogP contribution in [0.2, 0.25) is 0 Å². The van der Waals surface area contributed by atoms with Crippen molar-refractivity contribution in [3.63, 3.8) is 0 Å². The lowest BCUT2D eigenvalue weighted by Gasteiger charge is -2.15. The summed E-state index contributed by atoms with van der Waals surface area (Å²) in [7, 11) is 0. The van der Waals surface area contributed by atoms with Crippen molar-refractivity contribution in [1.29, 1.82) is 0 Å². The average Bonchev–Trinajstić information content (AvgIpc) is 2.78. The van der Waals surface area contributed by atoms with Crippen LogP contribution < -0.4 is 5.32 Å². The van der Waals surface area contributed by atoms with Gasteiger partial charge in [-0.25, -0.2) is 0 Å². The van der Waals surface area contributed by atoms with Gasteiger partial charge in [0.15, 0.2) is 0 Å². The van der Waals surface area contributed by atoms with E-state index in [1.165, 1.54) is 44.9 Å². The zero-order valence-corrected chi connectivity index (χ0v) is 11.5. The van der Waals surface area contributed by atoms with Gasteiger partial charge in [0.2, 0.25) is 11.8 Å². The zero-order chi connectivity index (χ0) is 12.6. The van der Waals surface area contributed by atoms with Crippen LogP contribution in [-0.4, -0.2) is 16.7 Å². The van der Waals surface area contributed by atoms with Crippen LogP contribution in [0.15, 0.2) is 4.42 Å². The third kappa shape index (κ3) is 4.09. The Morgan fingerprint density at radius 3 is 2.56 bits per heavy atom. The molecule has 0 radical (unpaired) electrons. The van der Waals surface area contributed by atoms with Crippen molar-refractivity contribution in [2.45, 2.75) is 70.8 Å². The predicted molar refractivity (Wildman–Crippen MR) is 71.4 cm³/mol. The highest BCUT2D eigenvalue weighted by Crippen LogP contribution is 2.29. The second-order valence-electron chi connectivity index (χ2n) is 5.25. The second kappa shape index (κ2) is 7.52. The molecule has 0 saturated heterocycles. The highest BCUT2D eigenvalue weighted by molar-refractivity contribution is 4.92. The van der Waals surface area contributed by atoms with Crippen LogP contribution in [0.4, 0.5) is 0 Å². The minimum atomic E-state index is 0.498. The molecule has 1 aliphatic carbocycles. The number of hydrogen-bond acceptors (Lipinski definition) is 4. The fourth-order valence-corrected chi connectivity index (χ4v) is 2.58. The maximum absolute atomic E-state index is 5.78.